The van der Waals surface area contributed by atoms with Crippen LogP contribution in [-0.4, -0.2) is 11.1 Å². The van der Waals surface area contributed by atoms with Crippen molar-refractivity contribution in [1.29, 1.82) is 0 Å². The summed E-state index contributed by atoms with van der Waals surface area (Å²) >= 11 is 0. The fourth-order valence-electron chi connectivity index (χ4n) is 0.272. The number of hydrogen-bond donors (Lipinski definition) is 1. The SMILES string of the molecule is CC#CC#CC#CC#CC(=O)O. The maximum absolute atomic E-state index is 9.83. The van der Waals surface area contributed by atoms with Crippen LogP contribution in [0.1, 0.15) is 6.92 Å². The van der Waals surface area contributed by atoms with Crippen LogP contribution in [0.5, 0.6) is 0 Å². The second-order valence-electron chi connectivity index (χ2n) is 1.43. The Labute approximate surface area is 71.0 Å². The lowest BCUT2D eigenvalue weighted by Crippen LogP contribution is -1.85. The third-order valence-corrected chi connectivity index (χ3v) is 0.607. The summed E-state index contributed by atoms with van der Waals surface area (Å²) in [7, 11) is 0. The minimum Gasteiger partial charge on any atom is -0.472 e. The first-order valence-electron chi connectivity index (χ1n) is 2.93. The maximum Gasteiger partial charge on any atom is 0.382 e. The van der Waals surface area contributed by atoms with Gasteiger partial charge in [-0.05, 0) is 42.4 Å². The molecule has 0 aromatic carbocycles. The van der Waals surface area contributed by atoms with Gasteiger partial charge in [-0.1, -0.05) is 5.92 Å². The summed E-state index contributed by atoms with van der Waals surface area (Å²) in [5.74, 6) is 17.1. The van der Waals surface area contributed by atoms with Crippen LogP contribution in [0, 0.1) is 47.4 Å². The van der Waals surface area contributed by atoms with E-state index in [0.717, 1.165) is 0 Å². The molecule has 2 nitrogen and oxygen atoms in total. The average molecular weight is 156 g/mol. The second-order valence-corrected chi connectivity index (χ2v) is 1.43. The molecule has 12 heavy (non-hydrogen) atoms. The molecular formula is C10H4O2. The summed E-state index contributed by atoms with van der Waals surface area (Å²) in [6, 6.07) is 0. The molecule has 0 rings (SSSR count). The van der Waals surface area contributed by atoms with Gasteiger partial charge in [-0.15, -0.1) is 0 Å². The Morgan fingerprint density at radius 3 is 2.00 bits per heavy atom. The van der Waals surface area contributed by atoms with Gasteiger partial charge in [-0.25, -0.2) is 4.79 Å². The zero-order valence-corrected chi connectivity index (χ0v) is 6.36. The van der Waals surface area contributed by atoms with Crippen LogP contribution in [0.15, 0.2) is 0 Å². The number of rotatable bonds is 0. The molecule has 56 valence electrons. The van der Waals surface area contributed by atoms with Crippen LogP contribution in [-0.2, 0) is 4.79 Å². The van der Waals surface area contributed by atoms with Crippen LogP contribution in [0.25, 0.3) is 0 Å². The van der Waals surface area contributed by atoms with Crippen molar-refractivity contribution in [3.63, 3.8) is 0 Å². The van der Waals surface area contributed by atoms with Gasteiger partial charge in [0.2, 0.25) is 0 Å². The Bertz CT molecular complexity index is 400. The van der Waals surface area contributed by atoms with Crippen LogP contribution in [0.3, 0.4) is 0 Å². The molecule has 1 N–H and O–H groups in total. The van der Waals surface area contributed by atoms with Gasteiger partial charge in [0.1, 0.15) is 0 Å². The summed E-state index contributed by atoms with van der Waals surface area (Å²) in [6.07, 6.45) is 0. The predicted molar refractivity (Wildman–Crippen MR) is 44.4 cm³/mol. The van der Waals surface area contributed by atoms with E-state index in [0.29, 0.717) is 0 Å². The lowest BCUT2D eigenvalue weighted by molar-refractivity contribution is -0.130. The molecule has 0 amide bonds. The highest BCUT2D eigenvalue weighted by atomic mass is 16.4. The van der Waals surface area contributed by atoms with Crippen molar-refractivity contribution in [3.8, 4) is 47.4 Å². The highest BCUT2D eigenvalue weighted by Crippen LogP contribution is 1.57. The number of aliphatic carboxylic acids is 1. The highest BCUT2D eigenvalue weighted by Gasteiger charge is 1.78. The molecule has 0 aliphatic rings. The Balaban J connectivity index is 4.10. The van der Waals surface area contributed by atoms with Gasteiger partial charge in [-0.3, -0.25) is 0 Å². The lowest BCUT2D eigenvalue weighted by atomic mass is 10.5. The molecule has 0 saturated carbocycles. The summed E-state index contributed by atoms with van der Waals surface area (Å²) in [6.45, 7) is 1.66. The molecule has 0 radical (unpaired) electrons. The third-order valence-electron chi connectivity index (χ3n) is 0.607. The number of carboxylic acid groups (broad SMARTS) is 1. The van der Waals surface area contributed by atoms with Crippen molar-refractivity contribution in [2.24, 2.45) is 0 Å². The first-order chi connectivity index (χ1) is 5.77. The van der Waals surface area contributed by atoms with E-state index in [1.807, 2.05) is 5.92 Å². The van der Waals surface area contributed by atoms with E-state index in [4.69, 9.17) is 5.11 Å². The van der Waals surface area contributed by atoms with Gasteiger partial charge in [0.15, 0.2) is 0 Å². The minimum atomic E-state index is -1.20. The zero-order chi connectivity index (χ0) is 9.23. The number of carboxylic acids is 1. The van der Waals surface area contributed by atoms with Crippen molar-refractivity contribution in [3.05, 3.63) is 0 Å². The van der Waals surface area contributed by atoms with Gasteiger partial charge in [0.25, 0.3) is 0 Å². The monoisotopic (exact) mass is 156 g/mol. The fourth-order valence-corrected chi connectivity index (χ4v) is 0.272. The summed E-state index contributed by atoms with van der Waals surface area (Å²) < 4.78 is 0. The summed E-state index contributed by atoms with van der Waals surface area (Å²) in [5, 5.41) is 8.05. The molecule has 0 aliphatic carbocycles. The zero-order valence-electron chi connectivity index (χ0n) is 6.36. The molecular weight excluding hydrogens is 152 g/mol. The van der Waals surface area contributed by atoms with E-state index in [1.54, 1.807) is 6.92 Å². The second kappa shape index (κ2) is 6.82. The van der Waals surface area contributed by atoms with E-state index in [9.17, 15) is 4.79 Å². The van der Waals surface area contributed by atoms with Crippen LogP contribution < -0.4 is 0 Å². The number of carbonyl (C=O) groups is 1. The van der Waals surface area contributed by atoms with E-state index in [1.165, 1.54) is 0 Å². The molecule has 0 aromatic rings. The van der Waals surface area contributed by atoms with Crippen molar-refractivity contribution in [2.45, 2.75) is 6.92 Å². The molecule has 0 aliphatic heterocycles. The van der Waals surface area contributed by atoms with E-state index >= 15 is 0 Å². The fraction of sp³-hybridized carbons (Fsp3) is 0.100. The van der Waals surface area contributed by atoms with Crippen LogP contribution >= 0.6 is 0 Å². The quantitative estimate of drug-likeness (QED) is 0.505. The average Bonchev–Trinajstić information content (AvgIpc) is 2.02. The standard InChI is InChI=1S/C10H4O2/c1-2-3-4-5-6-7-8-9-10(11)12/h1H3,(H,11,12). The summed E-state index contributed by atoms with van der Waals surface area (Å²) in [5.41, 5.74) is 0. The lowest BCUT2D eigenvalue weighted by Gasteiger charge is -1.63. The number of hydrogen-bond acceptors (Lipinski definition) is 1. The first kappa shape index (κ1) is 9.71. The Hall–Kier alpha value is -2.29. The van der Waals surface area contributed by atoms with Crippen molar-refractivity contribution >= 4 is 5.97 Å². The smallest absolute Gasteiger partial charge is 0.382 e. The van der Waals surface area contributed by atoms with Gasteiger partial charge < -0.3 is 5.11 Å². The maximum atomic E-state index is 9.83. The van der Waals surface area contributed by atoms with E-state index in [-0.39, 0.29) is 0 Å². The van der Waals surface area contributed by atoms with E-state index < -0.39 is 5.97 Å². The van der Waals surface area contributed by atoms with Crippen molar-refractivity contribution < 1.29 is 9.90 Å². The Kier molecular flexibility index (Phi) is 5.52. The summed E-state index contributed by atoms with van der Waals surface area (Å²) in [4.78, 5) is 9.83. The molecule has 2 heteroatoms. The van der Waals surface area contributed by atoms with Crippen LogP contribution in [0.2, 0.25) is 0 Å². The van der Waals surface area contributed by atoms with Crippen molar-refractivity contribution in [1.82, 2.24) is 0 Å². The normalized spacial score (nSPS) is 4.75. The molecule has 0 bridgehead atoms. The molecule has 0 heterocycles. The predicted octanol–water partition coefficient (Wildman–Crippen LogP) is 0.104. The first-order valence-corrected chi connectivity index (χ1v) is 2.93. The highest BCUT2D eigenvalue weighted by molar-refractivity contribution is 5.87. The Morgan fingerprint density at radius 2 is 1.50 bits per heavy atom. The molecule has 0 aromatic heterocycles. The largest absolute Gasteiger partial charge is 0.472 e. The van der Waals surface area contributed by atoms with Crippen molar-refractivity contribution in [2.75, 3.05) is 0 Å². The molecule has 0 spiro atoms. The van der Waals surface area contributed by atoms with Gasteiger partial charge in [0.05, 0.1) is 0 Å². The molecule has 0 saturated heterocycles. The van der Waals surface area contributed by atoms with E-state index in [2.05, 4.69) is 41.4 Å². The molecule has 0 fully saturated rings. The topological polar surface area (TPSA) is 37.3 Å². The van der Waals surface area contributed by atoms with Gasteiger partial charge in [-0.2, -0.15) is 0 Å². The molecule has 0 atom stereocenters. The minimum absolute atomic E-state index is 1.20. The Morgan fingerprint density at radius 1 is 1.00 bits per heavy atom. The van der Waals surface area contributed by atoms with Gasteiger partial charge >= 0.3 is 5.97 Å². The third kappa shape index (κ3) is 7.71. The molecule has 0 unspecified atom stereocenters. The van der Waals surface area contributed by atoms with Gasteiger partial charge in [0, 0.05) is 5.92 Å². The van der Waals surface area contributed by atoms with Crippen LogP contribution in [0.4, 0.5) is 0 Å².